The van der Waals surface area contributed by atoms with E-state index < -0.39 is 6.10 Å². The fourth-order valence-electron chi connectivity index (χ4n) is 2.12. The van der Waals surface area contributed by atoms with Crippen molar-refractivity contribution in [3.05, 3.63) is 23.7 Å². The molecule has 2 rings (SSSR count). The van der Waals surface area contributed by atoms with Gasteiger partial charge in [0.15, 0.2) is 0 Å². The van der Waals surface area contributed by atoms with E-state index in [0.29, 0.717) is 12.3 Å². The maximum absolute atomic E-state index is 10.1. The molecule has 0 aliphatic heterocycles. The van der Waals surface area contributed by atoms with Gasteiger partial charge in [0.25, 0.3) is 0 Å². The number of furan rings is 1. The largest absolute Gasteiger partial charge is 0.464 e. The molecular formula is C11H17NO2. The molecule has 1 aliphatic carbocycles. The summed E-state index contributed by atoms with van der Waals surface area (Å²) in [4.78, 5) is 0. The molecule has 0 saturated heterocycles. The quantitative estimate of drug-likeness (QED) is 0.772. The zero-order valence-corrected chi connectivity index (χ0v) is 8.49. The minimum Gasteiger partial charge on any atom is -0.464 e. The van der Waals surface area contributed by atoms with Crippen LogP contribution in [-0.2, 0) is 0 Å². The smallest absolute Gasteiger partial charge is 0.133 e. The van der Waals surface area contributed by atoms with E-state index in [1.807, 2.05) is 19.1 Å². The van der Waals surface area contributed by atoms with Crippen molar-refractivity contribution >= 4 is 0 Å². The molecule has 1 atom stereocenters. The Labute approximate surface area is 83.9 Å². The first kappa shape index (κ1) is 9.74. The molecule has 1 aromatic heterocycles. The zero-order chi connectivity index (χ0) is 10.2. The van der Waals surface area contributed by atoms with Crippen LogP contribution in [0.3, 0.4) is 0 Å². The molecule has 0 amide bonds. The summed E-state index contributed by atoms with van der Waals surface area (Å²) in [7, 11) is 0. The van der Waals surface area contributed by atoms with Crippen LogP contribution < -0.4 is 5.73 Å². The average molecular weight is 195 g/mol. The number of aliphatic hydroxyl groups is 1. The Hall–Kier alpha value is -0.800. The van der Waals surface area contributed by atoms with Gasteiger partial charge in [-0.1, -0.05) is 6.42 Å². The molecule has 78 valence electrons. The zero-order valence-electron chi connectivity index (χ0n) is 8.49. The Balaban J connectivity index is 2.18. The predicted octanol–water partition coefficient (Wildman–Crippen LogP) is 1.75. The van der Waals surface area contributed by atoms with Gasteiger partial charge in [0.2, 0.25) is 0 Å². The molecule has 1 fully saturated rings. The van der Waals surface area contributed by atoms with Crippen molar-refractivity contribution < 1.29 is 9.52 Å². The number of nitrogens with two attached hydrogens (primary N) is 1. The Morgan fingerprint density at radius 2 is 2.29 bits per heavy atom. The van der Waals surface area contributed by atoms with E-state index in [9.17, 15) is 5.11 Å². The standard InChI is InChI=1S/C11H17NO2/c1-8-3-4-9(14-8)10(13)11(7-12)5-2-6-11/h3-4,10,13H,2,5-7,12H2,1H3. The second-order valence-corrected chi connectivity index (χ2v) is 4.27. The van der Waals surface area contributed by atoms with Crippen LogP contribution in [0, 0.1) is 12.3 Å². The highest BCUT2D eigenvalue weighted by Gasteiger charge is 2.44. The van der Waals surface area contributed by atoms with Gasteiger partial charge in [0.05, 0.1) is 0 Å². The molecule has 0 aromatic carbocycles. The fourth-order valence-corrected chi connectivity index (χ4v) is 2.12. The third kappa shape index (κ3) is 1.37. The Morgan fingerprint density at radius 1 is 1.57 bits per heavy atom. The van der Waals surface area contributed by atoms with Crippen molar-refractivity contribution in [2.45, 2.75) is 32.3 Å². The number of aryl methyl sites for hydroxylation is 1. The van der Waals surface area contributed by atoms with E-state index in [-0.39, 0.29) is 5.41 Å². The molecule has 14 heavy (non-hydrogen) atoms. The van der Waals surface area contributed by atoms with Crippen molar-refractivity contribution in [1.29, 1.82) is 0 Å². The van der Waals surface area contributed by atoms with Crippen LogP contribution in [-0.4, -0.2) is 11.7 Å². The summed E-state index contributed by atoms with van der Waals surface area (Å²) in [5.41, 5.74) is 5.59. The van der Waals surface area contributed by atoms with Crippen molar-refractivity contribution in [3.8, 4) is 0 Å². The van der Waals surface area contributed by atoms with Crippen LogP contribution >= 0.6 is 0 Å². The Morgan fingerprint density at radius 3 is 2.64 bits per heavy atom. The molecule has 3 heteroatoms. The number of aliphatic hydroxyl groups excluding tert-OH is 1. The van der Waals surface area contributed by atoms with Crippen molar-refractivity contribution in [2.24, 2.45) is 11.1 Å². The lowest BCUT2D eigenvalue weighted by Gasteiger charge is -2.43. The summed E-state index contributed by atoms with van der Waals surface area (Å²) in [6.45, 7) is 2.42. The first-order valence-electron chi connectivity index (χ1n) is 5.12. The lowest BCUT2D eigenvalue weighted by Crippen LogP contribution is -2.42. The summed E-state index contributed by atoms with van der Waals surface area (Å²) in [5.74, 6) is 1.50. The second kappa shape index (κ2) is 3.41. The van der Waals surface area contributed by atoms with Crippen LogP contribution in [0.15, 0.2) is 16.5 Å². The summed E-state index contributed by atoms with van der Waals surface area (Å²) in [5, 5.41) is 10.1. The van der Waals surface area contributed by atoms with E-state index in [1.165, 1.54) is 0 Å². The lowest BCUT2D eigenvalue weighted by molar-refractivity contribution is -0.0420. The maximum Gasteiger partial charge on any atom is 0.133 e. The highest BCUT2D eigenvalue weighted by Crippen LogP contribution is 2.49. The van der Waals surface area contributed by atoms with Gasteiger partial charge in [-0.3, -0.25) is 0 Å². The van der Waals surface area contributed by atoms with Crippen molar-refractivity contribution in [2.75, 3.05) is 6.54 Å². The molecule has 1 aliphatic rings. The highest BCUT2D eigenvalue weighted by atomic mass is 16.4. The first-order valence-corrected chi connectivity index (χ1v) is 5.12. The third-order valence-electron chi connectivity index (χ3n) is 3.37. The third-order valence-corrected chi connectivity index (χ3v) is 3.37. The average Bonchev–Trinajstić information content (AvgIpc) is 2.50. The minimum atomic E-state index is -0.532. The van der Waals surface area contributed by atoms with Crippen LogP contribution in [0.25, 0.3) is 0 Å². The van der Waals surface area contributed by atoms with Gasteiger partial charge in [-0.2, -0.15) is 0 Å². The van der Waals surface area contributed by atoms with E-state index in [1.54, 1.807) is 0 Å². The molecule has 3 nitrogen and oxygen atoms in total. The van der Waals surface area contributed by atoms with Gasteiger partial charge in [-0.15, -0.1) is 0 Å². The summed E-state index contributed by atoms with van der Waals surface area (Å²) in [6.07, 6.45) is 2.64. The molecule has 1 aromatic rings. The minimum absolute atomic E-state index is 0.121. The summed E-state index contributed by atoms with van der Waals surface area (Å²) >= 11 is 0. The van der Waals surface area contributed by atoms with Crippen LogP contribution in [0.5, 0.6) is 0 Å². The monoisotopic (exact) mass is 195 g/mol. The Bertz CT molecular complexity index is 309. The lowest BCUT2D eigenvalue weighted by atomic mass is 9.64. The maximum atomic E-state index is 10.1. The predicted molar refractivity (Wildman–Crippen MR) is 53.7 cm³/mol. The van der Waals surface area contributed by atoms with Gasteiger partial charge < -0.3 is 15.3 Å². The first-order chi connectivity index (χ1) is 6.68. The number of rotatable bonds is 3. The summed E-state index contributed by atoms with van der Waals surface area (Å²) < 4.78 is 5.42. The van der Waals surface area contributed by atoms with E-state index in [4.69, 9.17) is 10.2 Å². The van der Waals surface area contributed by atoms with Gasteiger partial charge in [-0.05, 0) is 31.9 Å². The van der Waals surface area contributed by atoms with Crippen molar-refractivity contribution in [3.63, 3.8) is 0 Å². The SMILES string of the molecule is Cc1ccc(C(O)C2(CN)CCC2)o1. The van der Waals surface area contributed by atoms with Gasteiger partial charge in [0, 0.05) is 12.0 Å². The molecule has 0 spiro atoms. The van der Waals surface area contributed by atoms with Crippen LogP contribution in [0.4, 0.5) is 0 Å². The molecule has 1 unspecified atom stereocenters. The molecular weight excluding hydrogens is 178 g/mol. The molecule has 0 bridgehead atoms. The molecule has 1 heterocycles. The van der Waals surface area contributed by atoms with Crippen molar-refractivity contribution in [1.82, 2.24) is 0 Å². The number of hydrogen-bond acceptors (Lipinski definition) is 3. The van der Waals surface area contributed by atoms with E-state index in [0.717, 1.165) is 25.0 Å². The topological polar surface area (TPSA) is 59.4 Å². The molecule has 1 saturated carbocycles. The van der Waals surface area contributed by atoms with Gasteiger partial charge in [-0.25, -0.2) is 0 Å². The van der Waals surface area contributed by atoms with Gasteiger partial charge >= 0.3 is 0 Å². The molecule has 3 N–H and O–H groups in total. The van der Waals surface area contributed by atoms with Gasteiger partial charge in [0.1, 0.15) is 17.6 Å². The van der Waals surface area contributed by atoms with Crippen LogP contribution in [0.1, 0.15) is 36.9 Å². The number of hydrogen-bond donors (Lipinski definition) is 2. The second-order valence-electron chi connectivity index (χ2n) is 4.27. The van der Waals surface area contributed by atoms with E-state index >= 15 is 0 Å². The van der Waals surface area contributed by atoms with E-state index in [2.05, 4.69) is 0 Å². The van der Waals surface area contributed by atoms with Crippen LogP contribution in [0.2, 0.25) is 0 Å². The summed E-state index contributed by atoms with van der Waals surface area (Å²) in [6, 6.07) is 3.72. The highest BCUT2D eigenvalue weighted by molar-refractivity contribution is 5.13. The normalized spacial score (nSPS) is 21.6. The fraction of sp³-hybridized carbons (Fsp3) is 0.636. The molecule has 0 radical (unpaired) electrons. The Kier molecular flexibility index (Phi) is 2.37.